The summed E-state index contributed by atoms with van der Waals surface area (Å²) in [6.07, 6.45) is -1.12. The minimum atomic E-state index is -1.60. The van der Waals surface area contributed by atoms with Crippen LogP contribution in [-0.2, 0) is 15.4 Å². The first kappa shape index (κ1) is 17.9. The van der Waals surface area contributed by atoms with E-state index in [1.165, 1.54) is 17.2 Å². The number of nitrogen functional groups attached to an aromatic ring is 1. The Balaban J connectivity index is 2.16. The smallest absolute Gasteiger partial charge is 0.236 e. The molecular formula is C13H21N7O5. The number of hydrogen-bond acceptors (Lipinski definition) is 11. The number of nitrogens with two attached hydrogens (primary N) is 2. The molecule has 2 aromatic heterocycles. The second kappa shape index (κ2) is 6.76. The normalized spacial score (nSPS) is 29.8. The molecule has 12 heteroatoms. The van der Waals surface area contributed by atoms with Gasteiger partial charge >= 0.3 is 0 Å². The lowest BCUT2D eigenvalue weighted by atomic mass is 10.1. The van der Waals surface area contributed by atoms with Gasteiger partial charge in [-0.2, -0.15) is 0 Å². The molecule has 0 unspecified atom stereocenters. The Morgan fingerprint density at radius 1 is 1.40 bits per heavy atom. The van der Waals surface area contributed by atoms with Crippen LogP contribution < -0.4 is 11.6 Å². The maximum absolute atomic E-state index is 10.8. The summed E-state index contributed by atoms with van der Waals surface area (Å²) < 4.78 is 7.32. The Morgan fingerprint density at radius 3 is 2.80 bits per heavy atom. The molecule has 4 atom stereocenters. The van der Waals surface area contributed by atoms with E-state index in [0.717, 1.165) is 0 Å². The van der Waals surface area contributed by atoms with Crippen LogP contribution in [0.2, 0.25) is 0 Å². The number of aliphatic hydroxyl groups is 3. The van der Waals surface area contributed by atoms with E-state index in [9.17, 15) is 15.3 Å². The van der Waals surface area contributed by atoms with Gasteiger partial charge in [-0.3, -0.25) is 9.47 Å². The van der Waals surface area contributed by atoms with Crippen LogP contribution in [0.15, 0.2) is 12.7 Å². The monoisotopic (exact) mass is 355 g/mol. The standard InChI is InChI=1S/C13H21N7O5/c1-19(2-3-24-15)13(10(23)9(22)7(4-21)25-13)20-6-18-8-11(14)16-5-17-12(8)20/h5-7,9-10,21-23H,2-4,15H2,1H3,(H2,14,16,17)/t7-,9-,10-,13+/m1/s1. The van der Waals surface area contributed by atoms with E-state index in [1.54, 1.807) is 11.9 Å². The predicted octanol–water partition coefficient (Wildman–Crippen LogP) is -3.05. The Hall–Kier alpha value is -1.93. The topological polar surface area (TPSA) is 178 Å². The largest absolute Gasteiger partial charge is 0.394 e. The molecule has 3 rings (SSSR count). The van der Waals surface area contributed by atoms with Crippen LogP contribution in [0.3, 0.4) is 0 Å². The number of aromatic nitrogens is 4. The Labute approximate surface area is 142 Å². The molecule has 0 spiro atoms. The van der Waals surface area contributed by atoms with Gasteiger partial charge < -0.3 is 30.6 Å². The number of aliphatic hydroxyl groups excluding tert-OH is 3. The number of hydrogen-bond donors (Lipinski definition) is 5. The SMILES string of the molecule is CN(CCON)[C@@]1(n2cnc3c(N)ncnc32)O[C@H](CO)[C@@H](O)[C@H]1O. The van der Waals surface area contributed by atoms with Gasteiger partial charge in [0.05, 0.1) is 13.2 Å². The minimum absolute atomic E-state index is 0.137. The van der Waals surface area contributed by atoms with Gasteiger partial charge in [0.25, 0.3) is 0 Å². The molecule has 25 heavy (non-hydrogen) atoms. The van der Waals surface area contributed by atoms with E-state index in [4.69, 9.17) is 16.4 Å². The number of likely N-dealkylation sites (N-methyl/N-ethyl adjacent to an activating group) is 1. The quantitative estimate of drug-likeness (QED) is 0.332. The number of anilines is 1. The third kappa shape index (κ3) is 2.64. The van der Waals surface area contributed by atoms with Crippen molar-refractivity contribution in [3.8, 4) is 0 Å². The fourth-order valence-electron chi connectivity index (χ4n) is 3.07. The van der Waals surface area contributed by atoms with Crippen LogP contribution in [0, 0.1) is 0 Å². The van der Waals surface area contributed by atoms with Crippen LogP contribution in [0.5, 0.6) is 0 Å². The zero-order chi connectivity index (χ0) is 18.2. The molecule has 0 aliphatic carbocycles. The van der Waals surface area contributed by atoms with Gasteiger partial charge in [-0.15, -0.1) is 0 Å². The summed E-state index contributed by atoms with van der Waals surface area (Å²) in [7, 11) is 1.64. The molecule has 1 aliphatic heterocycles. The number of rotatable bonds is 6. The van der Waals surface area contributed by atoms with Gasteiger partial charge in [0.15, 0.2) is 11.5 Å². The lowest BCUT2D eigenvalue weighted by molar-refractivity contribution is -0.236. The molecule has 3 heterocycles. The summed E-state index contributed by atoms with van der Waals surface area (Å²) in [5, 5.41) is 30.5. The van der Waals surface area contributed by atoms with Gasteiger partial charge in [-0.25, -0.2) is 20.8 Å². The molecule has 1 fully saturated rings. The van der Waals surface area contributed by atoms with E-state index in [0.29, 0.717) is 11.2 Å². The maximum Gasteiger partial charge on any atom is 0.236 e. The Bertz CT molecular complexity index is 743. The van der Waals surface area contributed by atoms with Crippen molar-refractivity contribution in [2.24, 2.45) is 5.90 Å². The highest BCUT2D eigenvalue weighted by Gasteiger charge is 2.58. The highest BCUT2D eigenvalue weighted by Crippen LogP contribution is 2.39. The fraction of sp³-hybridized carbons (Fsp3) is 0.615. The van der Waals surface area contributed by atoms with Crippen molar-refractivity contribution in [1.82, 2.24) is 24.4 Å². The van der Waals surface area contributed by atoms with Gasteiger partial charge in [0.2, 0.25) is 5.85 Å². The third-order valence-electron chi connectivity index (χ3n) is 4.39. The molecule has 7 N–H and O–H groups in total. The molecular weight excluding hydrogens is 334 g/mol. The van der Waals surface area contributed by atoms with E-state index >= 15 is 0 Å². The number of imidazole rings is 1. The molecule has 0 aromatic carbocycles. The molecule has 0 amide bonds. The van der Waals surface area contributed by atoms with Crippen LogP contribution in [-0.4, -0.2) is 84.9 Å². The first-order valence-corrected chi connectivity index (χ1v) is 7.59. The predicted molar refractivity (Wildman–Crippen MR) is 84.5 cm³/mol. The number of nitrogens with zero attached hydrogens (tertiary/aromatic N) is 5. The molecule has 138 valence electrons. The zero-order valence-corrected chi connectivity index (χ0v) is 13.6. The van der Waals surface area contributed by atoms with E-state index in [-0.39, 0.29) is 19.0 Å². The van der Waals surface area contributed by atoms with Gasteiger partial charge in [0.1, 0.15) is 36.5 Å². The van der Waals surface area contributed by atoms with Crippen molar-refractivity contribution in [1.29, 1.82) is 0 Å². The Morgan fingerprint density at radius 2 is 2.16 bits per heavy atom. The lowest BCUT2D eigenvalue weighted by Crippen LogP contribution is -2.57. The molecule has 0 radical (unpaired) electrons. The molecule has 0 saturated carbocycles. The van der Waals surface area contributed by atoms with Crippen molar-refractivity contribution in [2.45, 2.75) is 24.2 Å². The van der Waals surface area contributed by atoms with E-state index < -0.39 is 30.8 Å². The van der Waals surface area contributed by atoms with Gasteiger partial charge in [-0.1, -0.05) is 0 Å². The fourth-order valence-corrected chi connectivity index (χ4v) is 3.07. The van der Waals surface area contributed by atoms with E-state index in [1.807, 2.05) is 0 Å². The summed E-state index contributed by atoms with van der Waals surface area (Å²) in [6.45, 7) is -0.0956. The summed E-state index contributed by atoms with van der Waals surface area (Å²) >= 11 is 0. The Kier molecular flexibility index (Phi) is 4.83. The second-order valence-corrected chi connectivity index (χ2v) is 5.77. The summed E-state index contributed by atoms with van der Waals surface area (Å²) in [5.74, 6) is 3.66. The molecule has 1 saturated heterocycles. The molecule has 1 aliphatic rings. The molecule has 0 bridgehead atoms. The average Bonchev–Trinajstić information content (AvgIpc) is 3.15. The van der Waals surface area contributed by atoms with Crippen LogP contribution in [0.4, 0.5) is 5.82 Å². The minimum Gasteiger partial charge on any atom is -0.394 e. The lowest BCUT2D eigenvalue weighted by Gasteiger charge is -2.41. The summed E-state index contributed by atoms with van der Waals surface area (Å²) in [5.41, 5.74) is 6.44. The molecule has 12 nitrogen and oxygen atoms in total. The number of fused-ring (bicyclic) bond motifs is 1. The van der Waals surface area contributed by atoms with Crippen molar-refractivity contribution in [3.05, 3.63) is 12.7 Å². The number of ether oxygens (including phenoxy) is 1. The van der Waals surface area contributed by atoms with Crippen LogP contribution in [0.25, 0.3) is 11.2 Å². The van der Waals surface area contributed by atoms with Gasteiger partial charge in [-0.05, 0) is 7.05 Å². The highest BCUT2D eigenvalue weighted by molar-refractivity contribution is 5.81. The average molecular weight is 355 g/mol. The summed E-state index contributed by atoms with van der Waals surface area (Å²) in [4.78, 5) is 18.4. The van der Waals surface area contributed by atoms with Crippen molar-refractivity contribution < 1.29 is 24.9 Å². The highest BCUT2D eigenvalue weighted by atomic mass is 16.6. The second-order valence-electron chi connectivity index (χ2n) is 5.77. The van der Waals surface area contributed by atoms with Crippen LogP contribution >= 0.6 is 0 Å². The molecule has 2 aromatic rings. The first-order valence-electron chi connectivity index (χ1n) is 7.59. The maximum atomic E-state index is 10.8. The third-order valence-corrected chi connectivity index (χ3v) is 4.39. The first-order chi connectivity index (χ1) is 12.0. The summed E-state index contributed by atoms with van der Waals surface area (Å²) in [6, 6.07) is 0. The zero-order valence-electron chi connectivity index (χ0n) is 13.6. The van der Waals surface area contributed by atoms with Crippen molar-refractivity contribution in [2.75, 3.05) is 32.5 Å². The van der Waals surface area contributed by atoms with Crippen molar-refractivity contribution in [3.63, 3.8) is 0 Å². The van der Waals surface area contributed by atoms with Gasteiger partial charge in [0, 0.05) is 6.54 Å². The van der Waals surface area contributed by atoms with Crippen LogP contribution in [0.1, 0.15) is 0 Å². The van der Waals surface area contributed by atoms with E-state index in [2.05, 4.69) is 19.8 Å². The van der Waals surface area contributed by atoms with Crippen molar-refractivity contribution >= 4 is 17.0 Å².